The van der Waals surface area contributed by atoms with Gasteiger partial charge in [0.05, 0.1) is 11.9 Å². The number of amides is 2. The lowest BCUT2D eigenvalue weighted by molar-refractivity contribution is -0.128. The lowest BCUT2D eigenvalue weighted by Crippen LogP contribution is -2.53. The number of carbonyl (C=O) groups excluding carboxylic acids is 2. The van der Waals surface area contributed by atoms with Crippen LogP contribution in [0.3, 0.4) is 0 Å². The highest BCUT2D eigenvalue weighted by Gasteiger charge is 2.32. The summed E-state index contributed by atoms with van der Waals surface area (Å²) < 4.78 is 0. The number of nitrogens with one attached hydrogen (secondary N) is 1. The standard InChI is InChI=1S/C18H14N4O2S/c1-2-8-22-17(24)14(16(23)21-18(22)25)10-12-4-3-5-13(9-12)15-11-19-6-7-20-15/h2-7,9-11H,1,8H2,(H,21,23,25)/b14-10+. The van der Waals surface area contributed by atoms with E-state index in [4.69, 9.17) is 12.2 Å². The largest absolute Gasteiger partial charge is 0.298 e. The van der Waals surface area contributed by atoms with E-state index in [-0.39, 0.29) is 17.2 Å². The van der Waals surface area contributed by atoms with Crippen molar-refractivity contribution in [2.45, 2.75) is 0 Å². The summed E-state index contributed by atoms with van der Waals surface area (Å²) in [5.41, 5.74) is 2.26. The minimum Gasteiger partial charge on any atom is -0.298 e. The Hall–Kier alpha value is -3.19. The first kappa shape index (κ1) is 16.7. The zero-order chi connectivity index (χ0) is 17.8. The van der Waals surface area contributed by atoms with E-state index in [0.717, 1.165) is 5.56 Å². The van der Waals surface area contributed by atoms with Gasteiger partial charge in [-0.25, -0.2) is 0 Å². The van der Waals surface area contributed by atoms with Gasteiger partial charge in [-0.1, -0.05) is 24.3 Å². The molecule has 2 aromatic rings. The first-order valence-corrected chi connectivity index (χ1v) is 7.87. The molecule has 2 amide bonds. The Morgan fingerprint density at radius 2 is 2.12 bits per heavy atom. The first-order chi connectivity index (χ1) is 12.1. The van der Waals surface area contributed by atoms with Crippen molar-refractivity contribution in [1.82, 2.24) is 20.2 Å². The van der Waals surface area contributed by atoms with Crippen LogP contribution in [0.5, 0.6) is 0 Å². The van der Waals surface area contributed by atoms with Crippen molar-refractivity contribution < 1.29 is 9.59 Å². The number of benzene rings is 1. The number of nitrogens with zero attached hydrogens (tertiary/aromatic N) is 3. The summed E-state index contributed by atoms with van der Waals surface area (Å²) in [6.07, 6.45) is 7.93. The molecule has 0 spiro atoms. The molecule has 25 heavy (non-hydrogen) atoms. The van der Waals surface area contributed by atoms with Crippen LogP contribution in [0.4, 0.5) is 0 Å². The third-order valence-corrected chi connectivity index (χ3v) is 3.88. The van der Waals surface area contributed by atoms with E-state index >= 15 is 0 Å². The Morgan fingerprint density at radius 3 is 2.84 bits per heavy atom. The molecule has 124 valence electrons. The highest BCUT2D eigenvalue weighted by Crippen LogP contribution is 2.20. The second kappa shape index (κ2) is 7.14. The van der Waals surface area contributed by atoms with Gasteiger partial charge in [0.1, 0.15) is 5.57 Å². The molecule has 0 unspecified atom stereocenters. The predicted molar refractivity (Wildman–Crippen MR) is 98.1 cm³/mol. The average Bonchev–Trinajstić information content (AvgIpc) is 2.63. The van der Waals surface area contributed by atoms with Crippen molar-refractivity contribution in [1.29, 1.82) is 0 Å². The molecule has 1 aromatic carbocycles. The van der Waals surface area contributed by atoms with Gasteiger partial charge < -0.3 is 0 Å². The van der Waals surface area contributed by atoms with Gasteiger partial charge in [0.2, 0.25) is 0 Å². The molecule has 3 rings (SSSR count). The number of thiocarbonyl (C=S) groups is 1. The molecular weight excluding hydrogens is 336 g/mol. The molecule has 0 aliphatic carbocycles. The van der Waals surface area contributed by atoms with Gasteiger partial charge in [0.25, 0.3) is 11.8 Å². The summed E-state index contributed by atoms with van der Waals surface area (Å²) in [5, 5.41) is 2.60. The molecule has 7 heteroatoms. The van der Waals surface area contributed by atoms with Gasteiger partial charge in [0.15, 0.2) is 5.11 Å². The van der Waals surface area contributed by atoms with Crippen molar-refractivity contribution >= 4 is 35.2 Å². The summed E-state index contributed by atoms with van der Waals surface area (Å²) in [6, 6.07) is 7.35. The number of aromatic nitrogens is 2. The molecule has 0 radical (unpaired) electrons. The van der Waals surface area contributed by atoms with Gasteiger partial charge in [0, 0.05) is 24.5 Å². The topological polar surface area (TPSA) is 75.2 Å². The molecule has 1 fully saturated rings. The fraction of sp³-hybridized carbons (Fsp3) is 0.0556. The van der Waals surface area contributed by atoms with Crippen LogP contribution in [0.1, 0.15) is 5.56 Å². The van der Waals surface area contributed by atoms with E-state index in [0.29, 0.717) is 11.3 Å². The van der Waals surface area contributed by atoms with Crippen LogP contribution in [-0.2, 0) is 9.59 Å². The fourth-order valence-electron chi connectivity index (χ4n) is 2.39. The molecule has 1 aliphatic rings. The number of hydrogen-bond donors (Lipinski definition) is 1. The number of rotatable bonds is 4. The van der Waals surface area contributed by atoms with Crippen molar-refractivity contribution in [3.8, 4) is 11.3 Å². The Balaban J connectivity index is 1.96. The zero-order valence-corrected chi connectivity index (χ0v) is 14.0. The van der Waals surface area contributed by atoms with Crippen molar-refractivity contribution in [2.75, 3.05) is 6.54 Å². The maximum Gasteiger partial charge on any atom is 0.265 e. The van der Waals surface area contributed by atoms with Gasteiger partial charge >= 0.3 is 0 Å². The molecule has 1 aromatic heterocycles. The van der Waals surface area contributed by atoms with Crippen LogP contribution < -0.4 is 5.32 Å². The Labute approximate surface area is 149 Å². The third-order valence-electron chi connectivity index (χ3n) is 3.55. The van der Waals surface area contributed by atoms with Crippen LogP contribution in [0.15, 0.2) is 61.1 Å². The summed E-state index contributed by atoms with van der Waals surface area (Å²) in [7, 11) is 0. The molecule has 1 aliphatic heterocycles. The van der Waals surface area contributed by atoms with Gasteiger partial charge in [-0.3, -0.25) is 29.8 Å². The van der Waals surface area contributed by atoms with Crippen molar-refractivity contribution in [3.63, 3.8) is 0 Å². The van der Waals surface area contributed by atoms with Crippen molar-refractivity contribution in [3.05, 3.63) is 66.6 Å². The lowest BCUT2D eigenvalue weighted by atomic mass is 10.0. The molecule has 6 nitrogen and oxygen atoms in total. The van der Waals surface area contributed by atoms with Crippen LogP contribution in [0.25, 0.3) is 17.3 Å². The van der Waals surface area contributed by atoms with E-state index in [1.54, 1.807) is 30.7 Å². The SMILES string of the molecule is C=CCN1C(=O)/C(=C/c2cccc(-c3cnccn3)c2)C(=O)NC1=S. The maximum absolute atomic E-state index is 12.5. The lowest BCUT2D eigenvalue weighted by Gasteiger charge is -2.27. The Morgan fingerprint density at radius 1 is 1.28 bits per heavy atom. The second-order valence-electron chi connectivity index (χ2n) is 5.24. The molecule has 0 atom stereocenters. The third kappa shape index (κ3) is 3.51. The predicted octanol–water partition coefficient (Wildman–Crippen LogP) is 1.96. The maximum atomic E-state index is 12.5. The summed E-state index contributed by atoms with van der Waals surface area (Å²) >= 11 is 5.03. The highest BCUT2D eigenvalue weighted by atomic mass is 32.1. The van der Waals surface area contributed by atoms with Crippen LogP contribution >= 0.6 is 12.2 Å². The molecule has 2 heterocycles. The molecular formula is C18H14N4O2S. The van der Waals surface area contributed by atoms with E-state index in [2.05, 4.69) is 21.9 Å². The van der Waals surface area contributed by atoms with Crippen LogP contribution in [-0.4, -0.2) is 38.3 Å². The number of carbonyl (C=O) groups is 2. The van der Waals surface area contributed by atoms with Crippen LogP contribution in [0.2, 0.25) is 0 Å². The number of hydrogen-bond acceptors (Lipinski definition) is 5. The van der Waals surface area contributed by atoms with E-state index in [9.17, 15) is 9.59 Å². The second-order valence-corrected chi connectivity index (χ2v) is 5.62. The summed E-state index contributed by atoms with van der Waals surface area (Å²) in [6.45, 7) is 3.83. The van der Waals surface area contributed by atoms with Crippen molar-refractivity contribution in [2.24, 2.45) is 0 Å². The normalized spacial score (nSPS) is 16.1. The minimum atomic E-state index is -0.514. The molecule has 1 saturated heterocycles. The quantitative estimate of drug-likeness (QED) is 0.395. The summed E-state index contributed by atoms with van der Waals surface area (Å²) in [4.78, 5) is 34.3. The highest BCUT2D eigenvalue weighted by molar-refractivity contribution is 7.80. The monoisotopic (exact) mass is 350 g/mol. The van der Waals surface area contributed by atoms with E-state index < -0.39 is 11.8 Å². The van der Waals surface area contributed by atoms with Gasteiger partial charge in [-0.2, -0.15) is 0 Å². The smallest absolute Gasteiger partial charge is 0.265 e. The average molecular weight is 350 g/mol. The Bertz CT molecular complexity index is 893. The zero-order valence-electron chi connectivity index (χ0n) is 13.2. The molecule has 0 bridgehead atoms. The molecule has 0 saturated carbocycles. The minimum absolute atomic E-state index is 0.0201. The Kier molecular flexibility index (Phi) is 4.76. The van der Waals surface area contributed by atoms with Gasteiger partial charge in [-0.05, 0) is 29.9 Å². The van der Waals surface area contributed by atoms with E-state index in [1.807, 2.05) is 18.2 Å². The first-order valence-electron chi connectivity index (χ1n) is 7.46. The summed E-state index contributed by atoms with van der Waals surface area (Å²) in [5.74, 6) is -0.959. The van der Waals surface area contributed by atoms with E-state index in [1.165, 1.54) is 11.0 Å². The van der Waals surface area contributed by atoms with Crippen LogP contribution in [0, 0.1) is 0 Å². The fourth-order valence-corrected chi connectivity index (χ4v) is 2.64. The molecule has 1 N–H and O–H groups in total. The van der Waals surface area contributed by atoms with Gasteiger partial charge in [-0.15, -0.1) is 6.58 Å².